The number of rotatable bonds is 3. The second-order valence-corrected chi connectivity index (χ2v) is 5.27. The van der Waals surface area contributed by atoms with E-state index in [1.165, 1.54) is 18.2 Å². The van der Waals surface area contributed by atoms with E-state index in [1.807, 2.05) is 0 Å². The Bertz CT molecular complexity index is 545. The molecule has 2 heterocycles. The summed E-state index contributed by atoms with van der Waals surface area (Å²) in [6, 6.07) is 4.22. The molecular formula is C14H16F2N2O3. The number of hydrogen-bond acceptors (Lipinski definition) is 4. The van der Waals surface area contributed by atoms with Gasteiger partial charge in [-0.3, -0.25) is 4.79 Å². The second kappa shape index (κ2) is 5.48. The number of carbonyl (C=O) groups is 1. The molecule has 0 saturated carbocycles. The molecule has 0 bridgehead atoms. The van der Waals surface area contributed by atoms with Crippen LogP contribution >= 0.6 is 0 Å². The van der Waals surface area contributed by atoms with E-state index in [9.17, 15) is 13.6 Å². The van der Waals surface area contributed by atoms with E-state index in [4.69, 9.17) is 0 Å². The summed E-state index contributed by atoms with van der Waals surface area (Å²) in [7, 11) is 0. The van der Waals surface area contributed by atoms with Gasteiger partial charge in [0.2, 0.25) is 5.91 Å². The molecule has 1 aromatic rings. The van der Waals surface area contributed by atoms with Crippen molar-refractivity contribution in [2.24, 2.45) is 5.92 Å². The lowest BCUT2D eigenvalue weighted by molar-refractivity contribution is -0.286. The van der Waals surface area contributed by atoms with Crippen molar-refractivity contribution in [3.05, 3.63) is 18.2 Å². The van der Waals surface area contributed by atoms with Gasteiger partial charge in [0.15, 0.2) is 11.5 Å². The zero-order valence-corrected chi connectivity index (χ0v) is 11.3. The number of amides is 1. The fraction of sp³-hybridized carbons (Fsp3) is 0.500. The van der Waals surface area contributed by atoms with Gasteiger partial charge in [-0.1, -0.05) is 0 Å². The average molecular weight is 298 g/mol. The molecule has 7 heteroatoms. The van der Waals surface area contributed by atoms with Crippen molar-refractivity contribution in [3.8, 4) is 11.5 Å². The van der Waals surface area contributed by atoms with Crippen LogP contribution in [0.3, 0.4) is 0 Å². The van der Waals surface area contributed by atoms with Crippen LogP contribution in [0.5, 0.6) is 11.5 Å². The van der Waals surface area contributed by atoms with Gasteiger partial charge in [-0.2, -0.15) is 0 Å². The third-order valence-electron chi connectivity index (χ3n) is 3.62. The monoisotopic (exact) mass is 298 g/mol. The predicted octanol–water partition coefficient (Wildman–Crippen LogP) is 2.34. The topological polar surface area (TPSA) is 59.6 Å². The number of piperidine rings is 1. The van der Waals surface area contributed by atoms with E-state index in [1.54, 1.807) is 0 Å². The first-order chi connectivity index (χ1) is 10.0. The standard InChI is InChI=1S/C14H16F2N2O3/c15-14(16)20-11-2-1-10(8-12(11)21-14)18-13(19)7-9-3-5-17-6-4-9/h1-2,8-9,17H,3-7H2,(H,18,19). The minimum atomic E-state index is -3.64. The molecule has 3 rings (SSSR count). The lowest BCUT2D eigenvalue weighted by atomic mass is 9.94. The normalized spacial score (nSPS) is 20.3. The van der Waals surface area contributed by atoms with E-state index in [0.29, 0.717) is 18.0 Å². The summed E-state index contributed by atoms with van der Waals surface area (Å²) in [6.07, 6.45) is -1.26. The Hall–Kier alpha value is -1.89. The van der Waals surface area contributed by atoms with Gasteiger partial charge in [0.1, 0.15) is 0 Å². The van der Waals surface area contributed by atoms with Crippen molar-refractivity contribution >= 4 is 11.6 Å². The Balaban J connectivity index is 1.59. The number of fused-ring (bicyclic) bond motifs is 1. The maximum atomic E-state index is 12.9. The smallest absolute Gasteiger partial charge is 0.395 e. The molecular weight excluding hydrogens is 282 g/mol. The summed E-state index contributed by atoms with van der Waals surface area (Å²) in [6.45, 7) is 1.86. The molecule has 2 aliphatic heterocycles. The number of nitrogens with one attached hydrogen (secondary N) is 2. The van der Waals surface area contributed by atoms with Gasteiger partial charge in [0.25, 0.3) is 0 Å². The molecule has 1 amide bonds. The third kappa shape index (κ3) is 3.41. The first-order valence-corrected chi connectivity index (χ1v) is 6.92. The maximum Gasteiger partial charge on any atom is 0.586 e. The predicted molar refractivity (Wildman–Crippen MR) is 71.5 cm³/mol. The molecule has 5 nitrogen and oxygen atoms in total. The zero-order valence-electron chi connectivity index (χ0n) is 11.3. The van der Waals surface area contributed by atoms with Crippen molar-refractivity contribution < 1.29 is 23.0 Å². The van der Waals surface area contributed by atoms with Gasteiger partial charge in [-0.25, -0.2) is 0 Å². The van der Waals surface area contributed by atoms with Crippen molar-refractivity contribution in [3.63, 3.8) is 0 Å². The summed E-state index contributed by atoms with van der Waals surface area (Å²) in [5, 5.41) is 5.95. The van der Waals surface area contributed by atoms with Gasteiger partial charge in [-0.15, -0.1) is 8.78 Å². The molecule has 114 valence electrons. The molecule has 0 aromatic heterocycles. The van der Waals surface area contributed by atoms with Crippen molar-refractivity contribution in [2.75, 3.05) is 18.4 Å². The minimum absolute atomic E-state index is 0.0312. The molecule has 1 fully saturated rings. The Labute approximate surface area is 120 Å². The first kappa shape index (κ1) is 14.1. The van der Waals surface area contributed by atoms with Crippen molar-refractivity contribution in [1.29, 1.82) is 0 Å². The number of carbonyl (C=O) groups excluding carboxylic acids is 1. The zero-order chi connectivity index (χ0) is 14.9. The summed E-state index contributed by atoms with van der Waals surface area (Å²) in [5.41, 5.74) is 0.425. The number of alkyl halides is 2. The lowest BCUT2D eigenvalue weighted by Gasteiger charge is -2.21. The number of benzene rings is 1. The van der Waals surface area contributed by atoms with E-state index >= 15 is 0 Å². The molecule has 2 N–H and O–H groups in total. The highest BCUT2D eigenvalue weighted by Gasteiger charge is 2.43. The summed E-state index contributed by atoms with van der Waals surface area (Å²) in [4.78, 5) is 12.0. The summed E-state index contributed by atoms with van der Waals surface area (Å²) < 4.78 is 34.5. The van der Waals surface area contributed by atoms with Crippen LogP contribution in [0.15, 0.2) is 18.2 Å². The van der Waals surface area contributed by atoms with Crippen LogP contribution in [-0.4, -0.2) is 25.3 Å². The highest BCUT2D eigenvalue weighted by atomic mass is 19.3. The molecule has 1 saturated heterocycles. The lowest BCUT2D eigenvalue weighted by Crippen LogP contribution is -2.30. The molecule has 0 spiro atoms. The molecule has 0 aliphatic carbocycles. The van der Waals surface area contributed by atoms with Crippen LogP contribution in [0.4, 0.5) is 14.5 Å². The van der Waals surface area contributed by atoms with E-state index in [0.717, 1.165) is 25.9 Å². The van der Waals surface area contributed by atoms with Crippen molar-refractivity contribution in [1.82, 2.24) is 5.32 Å². The van der Waals surface area contributed by atoms with Crippen LogP contribution in [0.25, 0.3) is 0 Å². The quantitative estimate of drug-likeness (QED) is 0.899. The van der Waals surface area contributed by atoms with Crippen LogP contribution in [0.2, 0.25) is 0 Å². The Morgan fingerprint density at radius 2 is 2.00 bits per heavy atom. The maximum absolute atomic E-state index is 12.9. The Kier molecular flexibility index (Phi) is 3.67. The van der Waals surface area contributed by atoms with Gasteiger partial charge in [0, 0.05) is 18.2 Å². The summed E-state index contributed by atoms with van der Waals surface area (Å²) >= 11 is 0. The molecule has 1 aromatic carbocycles. The van der Waals surface area contributed by atoms with Crippen LogP contribution in [-0.2, 0) is 4.79 Å². The molecule has 0 radical (unpaired) electrons. The number of ether oxygens (including phenoxy) is 2. The van der Waals surface area contributed by atoms with E-state index in [-0.39, 0.29) is 17.4 Å². The van der Waals surface area contributed by atoms with E-state index in [2.05, 4.69) is 20.1 Å². The molecule has 0 atom stereocenters. The number of hydrogen-bond donors (Lipinski definition) is 2. The first-order valence-electron chi connectivity index (χ1n) is 6.92. The van der Waals surface area contributed by atoms with E-state index < -0.39 is 6.29 Å². The van der Waals surface area contributed by atoms with Gasteiger partial charge in [-0.05, 0) is 44.0 Å². The average Bonchev–Trinajstić information content (AvgIpc) is 2.73. The van der Waals surface area contributed by atoms with Crippen LogP contribution in [0, 0.1) is 5.92 Å². The fourth-order valence-electron chi connectivity index (χ4n) is 2.59. The van der Waals surface area contributed by atoms with Gasteiger partial charge in [0.05, 0.1) is 0 Å². The highest BCUT2D eigenvalue weighted by Crippen LogP contribution is 2.42. The summed E-state index contributed by atoms with van der Waals surface area (Å²) in [5.74, 6) is 0.146. The third-order valence-corrected chi connectivity index (χ3v) is 3.62. The Morgan fingerprint density at radius 1 is 1.29 bits per heavy atom. The van der Waals surface area contributed by atoms with Crippen molar-refractivity contribution in [2.45, 2.75) is 25.6 Å². The largest absolute Gasteiger partial charge is 0.586 e. The highest BCUT2D eigenvalue weighted by molar-refractivity contribution is 5.91. The Morgan fingerprint density at radius 3 is 2.76 bits per heavy atom. The minimum Gasteiger partial charge on any atom is -0.395 e. The van der Waals surface area contributed by atoms with Gasteiger partial charge >= 0.3 is 6.29 Å². The van der Waals surface area contributed by atoms with Crippen LogP contribution < -0.4 is 20.1 Å². The second-order valence-electron chi connectivity index (χ2n) is 5.27. The number of halogens is 2. The van der Waals surface area contributed by atoms with Gasteiger partial charge < -0.3 is 20.1 Å². The molecule has 0 unspecified atom stereocenters. The SMILES string of the molecule is O=C(CC1CCNCC1)Nc1ccc2c(c1)OC(F)(F)O2. The molecule has 2 aliphatic rings. The fourth-order valence-corrected chi connectivity index (χ4v) is 2.59. The number of anilines is 1. The molecule has 21 heavy (non-hydrogen) atoms. The van der Waals surface area contributed by atoms with Crippen LogP contribution in [0.1, 0.15) is 19.3 Å².